The van der Waals surface area contributed by atoms with Gasteiger partial charge in [0, 0.05) is 19.3 Å². The minimum Gasteiger partial charge on any atom is -0.388 e. The lowest BCUT2D eigenvalue weighted by Crippen LogP contribution is -2.24. The highest BCUT2D eigenvalue weighted by Crippen LogP contribution is 2.31. The summed E-state index contributed by atoms with van der Waals surface area (Å²) in [5.41, 5.74) is 2.48. The number of aliphatic hydroxyl groups is 1. The molecule has 4 nitrogen and oxygen atoms in total. The molecular weight excluding hydrogens is 286 g/mol. The summed E-state index contributed by atoms with van der Waals surface area (Å²) in [6.07, 6.45) is 1.67. The van der Waals surface area contributed by atoms with Crippen LogP contribution in [-0.2, 0) is 6.54 Å². The van der Waals surface area contributed by atoms with Crippen molar-refractivity contribution in [3.63, 3.8) is 0 Å². The molecule has 1 aromatic carbocycles. The van der Waals surface area contributed by atoms with Gasteiger partial charge in [0.1, 0.15) is 11.9 Å². The summed E-state index contributed by atoms with van der Waals surface area (Å²) in [7, 11) is 0. The largest absolute Gasteiger partial charge is 0.388 e. The van der Waals surface area contributed by atoms with Crippen LogP contribution in [-0.4, -0.2) is 16.6 Å². The van der Waals surface area contributed by atoms with Crippen LogP contribution in [0.25, 0.3) is 0 Å². The predicted molar refractivity (Wildman–Crippen MR) is 81.0 cm³/mol. The van der Waals surface area contributed by atoms with Crippen molar-refractivity contribution in [2.75, 3.05) is 11.4 Å². The Hall–Kier alpha value is -2.09. The third-order valence-electron chi connectivity index (χ3n) is 3.70. The molecule has 0 saturated carbocycles. The van der Waals surface area contributed by atoms with Crippen LogP contribution >= 0.6 is 11.6 Å². The number of benzene rings is 1. The van der Waals surface area contributed by atoms with E-state index in [2.05, 4.69) is 4.98 Å². The van der Waals surface area contributed by atoms with Crippen molar-refractivity contribution >= 4 is 17.4 Å². The Morgan fingerprint density at radius 1 is 1.38 bits per heavy atom. The first kappa shape index (κ1) is 13.9. The van der Waals surface area contributed by atoms with E-state index in [1.807, 2.05) is 35.2 Å². The molecule has 106 valence electrons. The van der Waals surface area contributed by atoms with Gasteiger partial charge >= 0.3 is 0 Å². The molecule has 0 fully saturated rings. The molecule has 5 heteroatoms. The molecule has 0 saturated heterocycles. The Balaban J connectivity index is 1.96. The van der Waals surface area contributed by atoms with Gasteiger partial charge in [0.15, 0.2) is 0 Å². The maximum absolute atomic E-state index is 10.2. The zero-order valence-corrected chi connectivity index (χ0v) is 12.1. The molecule has 1 unspecified atom stereocenters. The fourth-order valence-corrected chi connectivity index (χ4v) is 2.91. The number of nitriles is 1. The predicted octanol–water partition coefficient (Wildman–Crippen LogP) is 3.05. The van der Waals surface area contributed by atoms with Gasteiger partial charge in [-0.25, -0.2) is 4.98 Å². The minimum atomic E-state index is -0.469. The quantitative estimate of drug-likeness (QED) is 0.879. The highest BCUT2D eigenvalue weighted by molar-refractivity contribution is 6.33. The lowest BCUT2D eigenvalue weighted by molar-refractivity contribution is 0.171. The third-order valence-corrected chi connectivity index (χ3v) is 3.98. The highest BCUT2D eigenvalue weighted by Gasteiger charge is 2.22. The van der Waals surface area contributed by atoms with E-state index in [1.54, 1.807) is 6.07 Å². The molecule has 1 aliphatic rings. The van der Waals surface area contributed by atoms with Crippen LogP contribution in [0.4, 0.5) is 5.82 Å². The van der Waals surface area contributed by atoms with E-state index in [0.29, 0.717) is 35.9 Å². The minimum absolute atomic E-state index is 0.444. The molecule has 21 heavy (non-hydrogen) atoms. The monoisotopic (exact) mass is 299 g/mol. The second kappa shape index (κ2) is 5.72. The van der Waals surface area contributed by atoms with Gasteiger partial charge in [0.05, 0.1) is 16.7 Å². The molecule has 3 rings (SSSR count). The van der Waals surface area contributed by atoms with Gasteiger partial charge in [0.25, 0.3) is 0 Å². The number of hydrogen-bond donors (Lipinski definition) is 1. The van der Waals surface area contributed by atoms with Gasteiger partial charge in [-0.05, 0) is 23.6 Å². The van der Waals surface area contributed by atoms with Crippen molar-refractivity contribution in [2.45, 2.75) is 19.1 Å². The van der Waals surface area contributed by atoms with Crippen molar-refractivity contribution in [2.24, 2.45) is 0 Å². The number of rotatable bonds is 1. The number of nitrogens with zero attached hydrogens (tertiary/aromatic N) is 3. The van der Waals surface area contributed by atoms with E-state index >= 15 is 0 Å². The number of hydrogen-bond acceptors (Lipinski definition) is 4. The zero-order valence-electron chi connectivity index (χ0n) is 11.3. The van der Waals surface area contributed by atoms with E-state index in [-0.39, 0.29) is 0 Å². The van der Waals surface area contributed by atoms with E-state index < -0.39 is 6.10 Å². The number of aliphatic hydroxyl groups excluding tert-OH is 1. The van der Waals surface area contributed by atoms with Crippen molar-refractivity contribution in [3.05, 3.63) is 58.2 Å². The SMILES string of the molecule is N#Cc1cnc(N2CCC(O)c3ccccc3C2)c(Cl)c1. The zero-order chi connectivity index (χ0) is 14.8. The van der Waals surface area contributed by atoms with E-state index in [0.717, 1.165) is 11.1 Å². The summed E-state index contributed by atoms with van der Waals surface area (Å²) in [4.78, 5) is 6.34. The maximum atomic E-state index is 10.2. The molecule has 0 spiro atoms. The molecule has 2 aromatic rings. The summed E-state index contributed by atoms with van der Waals surface area (Å²) in [5, 5.41) is 19.6. The Kier molecular flexibility index (Phi) is 3.78. The van der Waals surface area contributed by atoms with Crippen LogP contribution in [0.5, 0.6) is 0 Å². The average molecular weight is 300 g/mol. The lowest BCUT2D eigenvalue weighted by Gasteiger charge is -2.23. The molecule has 0 bridgehead atoms. The summed E-state index contributed by atoms with van der Waals surface area (Å²) >= 11 is 6.24. The van der Waals surface area contributed by atoms with Gasteiger partial charge in [-0.2, -0.15) is 5.26 Å². The standard InChI is InChI=1S/C16H14ClN3O/c17-14-7-11(8-18)9-19-16(14)20-6-5-15(21)13-4-2-1-3-12(13)10-20/h1-4,7,9,15,21H,5-6,10H2. The first-order valence-electron chi connectivity index (χ1n) is 6.75. The third kappa shape index (κ3) is 2.71. The van der Waals surface area contributed by atoms with Crippen molar-refractivity contribution in [1.29, 1.82) is 5.26 Å². The first-order valence-corrected chi connectivity index (χ1v) is 7.13. The summed E-state index contributed by atoms with van der Waals surface area (Å²) in [6.45, 7) is 1.31. The smallest absolute Gasteiger partial charge is 0.147 e. The van der Waals surface area contributed by atoms with Crippen molar-refractivity contribution in [1.82, 2.24) is 4.98 Å². The van der Waals surface area contributed by atoms with Gasteiger partial charge in [-0.3, -0.25) is 0 Å². The second-order valence-electron chi connectivity index (χ2n) is 5.07. The summed E-state index contributed by atoms with van der Waals surface area (Å²) in [6, 6.07) is 11.5. The molecule has 1 atom stereocenters. The second-order valence-corrected chi connectivity index (χ2v) is 5.47. The van der Waals surface area contributed by atoms with Crippen LogP contribution in [0.1, 0.15) is 29.2 Å². The number of halogens is 1. The Morgan fingerprint density at radius 2 is 2.19 bits per heavy atom. The van der Waals surface area contributed by atoms with Crippen LogP contribution < -0.4 is 4.90 Å². The summed E-state index contributed by atoms with van der Waals surface area (Å²) < 4.78 is 0. The van der Waals surface area contributed by atoms with Gasteiger partial charge in [0.2, 0.25) is 0 Å². The van der Waals surface area contributed by atoms with Crippen LogP contribution in [0, 0.1) is 11.3 Å². The Bertz CT molecular complexity index is 711. The van der Waals surface area contributed by atoms with Crippen LogP contribution in [0.15, 0.2) is 36.5 Å². The number of aromatic nitrogens is 1. The van der Waals surface area contributed by atoms with Gasteiger partial charge in [-0.1, -0.05) is 35.9 Å². The molecule has 0 amide bonds. The molecule has 2 heterocycles. The molecule has 1 aromatic heterocycles. The van der Waals surface area contributed by atoms with E-state index in [1.165, 1.54) is 6.20 Å². The average Bonchev–Trinajstić information content (AvgIpc) is 2.67. The normalized spacial score (nSPS) is 17.8. The van der Waals surface area contributed by atoms with Gasteiger partial charge in [-0.15, -0.1) is 0 Å². The van der Waals surface area contributed by atoms with Crippen molar-refractivity contribution < 1.29 is 5.11 Å². The Labute approximate surface area is 128 Å². The van der Waals surface area contributed by atoms with Crippen LogP contribution in [0.2, 0.25) is 5.02 Å². The van der Waals surface area contributed by atoms with E-state index in [4.69, 9.17) is 16.9 Å². The topological polar surface area (TPSA) is 60.2 Å². The molecule has 1 N–H and O–H groups in total. The van der Waals surface area contributed by atoms with Crippen molar-refractivity contribution in [3.8, 4) is 6.07 Å². The van der Waals surface area contributed by atoms with Gasteiger partial charge < -0.3 is 10.0 Å². The molecule has 0 radical (unpaired) electrons. The fraction of sp³-hybridized carbons (Fsp3) is 0.250. The number of pyridine rings is 1. The lowest BCUT2D eigenvalue weighted by atomic mass is 10.0. The molecule has 1 aliphatic heterocycles. The van der Waals surface area contributed by atoms with E-state index in [9.17, 15) is 5.11 Å². The first-order chi connectivity index (χ1) is 10.2. The summed E-state index contributed by atoms with van der Waals surface area (Å²) in [5.74, 6) is 0.652. The highest BCUT2D eigenvalue weighted by atomic mass is 35.5. The number of fused-ring (bicyclic) bond motifs is 1. The molecular formula is C16H14ClN3O. The molecule has 0 aliphatic carbocycles. The Morgan fingerprint density at radius 3 is 2.95 bits per heavy atom. The maximum Gasteiger partial charge on any atom is 0.147 e. The fourth-order valence-electron chi connectivity index (χ4n) is 2.63. The van der Waals surface area contributed by atoms with Crippen LogP contribution in [0.3, 0.4) is 0 Å². The number of anilines is 1.